The minimum Gasteiger partial charge on any atom is -0.350 e. The van der Waals surface area contributed by atoms with Gasteiger partial charge < -0.3 is 5.32 Å². The van der Waals surface area contributed by atoms with Gasteiger partial charge in [-0.05, 0) is 31.4 Å². The number of hydrogen-bond acceptors (Lipinski definition) is 4. The first-order chi connectivity index (χ1) is 16.6. The van der Waals surface area contributed by atoms with Gasteiger partial charge >= 0.3 is 6.18 Å². The first-order valence-corrected chi connectivity index (χ1v) is 13.9. The number of benzene rings is 1. The molecule has 1 N–H and O–H groups in total. The molecule has 0 aromatic heterocycles. The van der Waals surface area contributed by atoms with Crippen LogP contribution in [-0.2, 0) is 16.2 Å². The maximum absolute atomic E-state index is 14.0. The van der Waals surface area contributed by atoms with E-state index in [4.69, 9.17) is 23.2 Å². The molecule has 1 aromatic rings. The first kappa shape index (κ1) is 29.3. The second-order valence-electron chi connectivity index (χ2n) is 9.28. The number of carbonyl (C=O) groups excluding carboxylic acids is 1. The Hall–Kier alpha value is -1.21. The van der Waals surface area contributed by atoms with E-state index in [1.165, 1.54) is 4.31 Å². The van der Waals surface area contributed by atoms with Crippen LogP contribution in [0.15, 0.2) is 12.1 Å². The summed E-state index contributed by atoms with van der Waals surface area (Å²) in [5, 5.41) is 1.67. The largest absolute Gasteiger partial charge is 0.416 e. The summed E-state index contributed by atoms with van der Waals surface area (Å²) in [7, 11) is -3.40. The SMILES string of the molecule is CCCS(=O)(=O)N1CCN(C2(CNC(=O)c3c(Cl)cc(C(F)(F)F)cc3Cl)CCC(F)(F)CC2)CC1. The van der Waals surface area contributed by atoms with Crippen LogP contribution in [0.1, 0.15) is 54.9 Å². The van der Waals surface area contributed by atoms with Gasteiger partial charge in [0, 0.05) is 51.1 Å². The highest BCUT2D eigenvalue weighted by molar-refractivity contribution is 7.89. The fourth-order valence-corrected chi connectivity index (χ4v) is 6.95. The molecule has 36 heavy (non-hydrogen) atoms. The number of halogens is 7. The van der Waals surface area contributed by atoms with Crippen molar-refractivity contribution in [1.29, 1.82) is 0 Å². The van der Waals surface area contributed by atoms with Crippen LogP contribution < -0.4 is 5.32 Å². The lowest BCUT2D eigenvalue weighted by molar-refractivity contribution is -0.137. The second-order valence-corrected chi connectivity index (χ2v) is 12.2. The lowest BCUT2D eigenvalue weighted by Gasteiger charge is -2.50. The Morgan fingerprint density at radius 1 is 1.03 bits per heavy atom. The molecule has 1 aliphatic carbocycles. The van der Waals surface area contributed by atoms with Crippen molar-refractivity contribution in [3.05, 3.63) is 33.3 Å². The quantitative estimate of drug-likeness (QED) is 0.459. The lowest BCUT2D eigenvalue weighted by Crippen LogP contribution is -2.63. The lowest BCUT2D eigenvalue weighted by atomic mass is 9.78. The molecule has 0 bridgehead atoms. The minimum absolute atomic E-state index is 0.0229. The van der Waals surface area contributed by atoms with Crippen molar-refractivity contribution in [2.75, 3.05) is 38.5 Å². The monoisotopic (exact) mass is 579 g/mol. The standard InChI is InChI=1S/C22H28Cl2F5N3O3S/c1-2-11-36(34,35)32-9-7-31(8-10-32)20(3-5-21(25,26)6-4-20)14-30-19(33)18-16(23)12-15(13-17(18)24)22(27,28)29/h12-13H,2-11,14H2,1H3,(H,30,33). The van der Waals surface area contributed by atoms with Gasteiger partial charge in [-0.3, -0.25) is 9.69 Å². The van der Waals surface area contributed by atoms with Crippen molar-refractivity contribution in [2.45, 2.75) is 56.7 Å². The van der Waals surface area contributed by atoms with E-state index in [9.17, 15) is 35.2 Å². The van der Waals surface area contributed by atoms with Crippen molar-refractivity contribution < 1.29 is 35.2 Å². The fourth-order valence-electron chi connectivity index (χ4n) is 4.80. The Balaban J connectivity index is 1.77. The van der Waals surface area contributed by atoms with Crippen molar-refractivity contribution >= 4 is 39.1 Å². The summed E-state index contributed by atoms with van der Waals surface area (Å²) in [4.78, 5) is 14.8. The number of carbonyl (C=O) groups is 1. The Labute approximate surface area is 217 Å². The third-order valence-electron chi connectivity index (χ3n) is 6.85. The van der Waals surface area contributed by atoms with Crippen LogP contribution in [0.25, 0.3) is 0 Å². The van der Waals surface area contributed by atoms with E-state index in [1.54, 1.807) is 6.92 Å². The summed E-state index contributed by atoms with van der Waals surface area (Å²) < 4.78 is 93.2. The van der Waals surface area contributed by atoms with Crippen LogP contribution in [0.3, 0.4) is 0 Å². The van der Waals surface area contributed by atoms with Crippen molar-refractivity contribution in [3.63, 3.8) is 0 Å². The zero-order valence-corrected chi connectivity index (χ0v) is 21.9. The zero-order valence-electron chi connectivity index (χ0n) is 19.6. The maximum atomic E-state index is 14.0. The molecule has 1 aliphatic heterocycles. The summed E-state index contributed by atoms with van der Waals surface area (Å²) in [5.41, 5.74) is -2.31. The molecule has 1 amide bonds. The Morgan fingerprint density at radius 3 is 2.03 bits per heavy atom. The number of nitrogens with zero attached hydrogens (tertiary/aromatic N) is 2. The summed E-state index contributed by atoms with van der Waals surface area (Å²) in [5.74, 6) is -3.64. The zero-order chi connectivity index (χ0) is 26.9. The summed E-state index contributed by atoms with van der Waals surface area (Å²) in [6.07, 6.45) is -4.93. The molecular weight excluding hydrogens is 552 g/mol. The molecule has 3 rings (SSSR count). The number of alkyl halides is 5. The predicted molar refractivity (Wildman–Crippen MR) is 127 cm³/mol. The van der Waals surface area contributed by atoms with Crippen molar-refractivity contribution in [3.8, 4) is 0 Å². The molecule has 2 fully saturated rings. The Bertz CT molecular complexity index is 1040. The Morgan fingerprint density at radius 2 is 1.56 bits per heavy atom. The minimum atomic E-state index is -4.70. The van der Waals surface area contributed by atoms with E-state index in [2.05, 4.69) is 5.32 Å². The van der Waals surface area contributed by atoms with Crippen molar-refractivity contribution in [1.82, 2.24) is 14.5 Å². The summed E-state index contributed by atoms with van der Waals surface area (Å²) in [6.45, 7) is 2.69. The second kappa shape index (κ2) is 10.9. The van der Waals surface area contributed by atoms with Gasteiger partial charge in [-0.2, -0.15) is 17.5 Å². The van der Waals surface area contributed by atoms with Crippen molar-refractivity contribution in [2.24, 2.45) is 0 Å². The van der Waals surface area contributed by atoms with Gasteiger partial charge in [0.25, 0.3) is 5.91 Å². The van der Waals surface area contributed by atoms with Gasteiger partial charge in [0.1, 0.15) is 0 Å². The van der Waals surface area contributed by atoms with Gasteiger partial charge in [0.05, 0.1) is 26.9 Å². The number of sulfonamides is 1. The molecule has 1 heterocycles. The van der Waals surface area contributed by atoms with Gasteiger partial charge in [0.2, 0.25) is 15.9 Å². The number of nitrogens with one attached hydrogen (secondary N) is 1. The smallest absolute Gasteiger partial charge is 0.350 e. The number of rotatable bonds is 7. The summed E-state index contributed by atoms with van der Waals surface area (Å²) in [6, 6.07) is 1.21. The Kier molecular flexibility index (Phi) is 8.87. The molecule has 1 saturated heterocycles. The molecule has 204 valence electrons. The third-order valence-corrected chi connectivity index (χ3v) is 9.52. The number of amides is 1. The van der Waals surface area contributed by atoms with E-state index >= 15 is 0 Å². The maximum Gasteiger partial charge on any atom is 0.416 e. The molecule has 0 atom stereocenters. The molecule has 6 nitrogen and oxygen atoms in total. The number of hydrogen-bond donors (Lipinski definition) is 1. The normalized spacial score (nSPS) is 21.3. The molecule has 0 radical (unpaired) electrons. The van der Waals surface area contributed by atoms with Crippen LogP contribution in [0, 0.1) is 0 Å². The van der Waals surface area contributed by atoms with E-state index in [0.717, 1.165) is 0 Å². The van der Waals surface area contributed by atoms with Crippen LogP contribution in [0.4, 0.5) is 22.0 Å². The van der Waals surface area contributed by atoms with Crippen LogP contribution in [-0.4, -0.2) is 73.5 Å². The van der Waals surface area contributed by atoms with Gasteiger partial charge in [-0.15, -0.1) is 0 Å². The van der Waals surface area contributed by atoms with E-state index < -0.39 is 62.0 Å². The van der Waals surface area contributed by atoms with Gasteiger partial charge in [-0.25, -0.2) is 17.2 Å². The van der Waals surface area contributed by atoms with Crippen LogP contribution in [0.5, 0.6) is 0 Å². The molecular formula is C22H28Cl2F5N3O3S. The molecule has 1 saturated carbocycles. The van der Waals surface area contributed by atoms with E-state index in [-0.39, 0.29) is 43.8 Å². The molecule has 1 aromatic carbocycles. The predicted octanol–water partition coefficient (Wildman–Crippen LogP) is 5.05. The molecule has 0 spiro atoms. The fraction of sp³-hybridized carbons (Fsp3) is 0.682. The highest BCUT2D eigenvalue weighted by Crippen LogP contribution is 2.42. The molecule has 0 unspecified atom stereocenters. The number of piperazine rings is 1. The highest BCUT2D eigenvalue weighted by atomic mass is 35.5. The molecule has 14 heteroatoms. The van der Waals surface area contributed by atoms with E-state index in [1.807, 2.05) is 4.90 Å². The molecule has 2 aliphatic rings. The highest BCUT2D eigenvalue weighted by Gasteiger charge is 2.48. The average Bonchev–Trinajstić information content (AvgIpc) is 2.78. The van der Waals surface area contributed by atoms with Crippen LogP contribution in [0.2, 0.25) is 10.0 Å². The van der Waals surface area contributed by atoms with Crippen LogP contribution >= 0.6 is 23.2 Å². The van der Waals surface area contributed by atoms with Gasteiger partial charge in [-0.1, -0.05) is 30.1 Å². The van der Waals surface area contributed by atoms with E-state index in [0.29, 0.717) is 31.6 Å². The first-order valence-electron chi connectivity index (χ1n) is 11.6. The summed E-state index contributed by atoms with van der Waals surface area (Å²) >= 11 is 11.9. The average molecular weight is 580 g/mol. The van der Waals surface area contributed by atoms with Gasteiger partial charge in [0.15, 0.2) is 0 Å². The third kappa shape index (κ3) is 6.61. The topological polar surface area (TPSA) is 69.7 Å².